The highest BCUT2D eigenvalue weighted by molar-refractivity contribution is 5.82. The van der Waals surface area contributed by atoms with Gasteiger partial charge >= 0.3 is 5.63 Å². The highest BCUT2D eigenvalue weighted by Gasteiger charge is 2.32. The fraction of sp³-hybridized carbons (Fsp3) is 0.333. The number of rotatable bonds is 6. The summed E-state index contributed by atoms with van der Waals surface area (Å²) in [7, 11) is 0. The molecule has 1 aliphatic rings. The summed E-state index contributed by atoms with van der Waals surface area (Å²) in [6.45, 7) is 4.33. The molecule has 2 aromatic carbocycles. The van der Waals surface area contributed by atoms with Crippen LogP contribution in [-0.4, -0.2) is 16.8 Å². The summed E-state index contributed by atoms with van der Waals surface area (Å²) in [6, 6.07) is 12.3. The van der Waals surface area contributed by atoms with Gasteiger partial charge in [-0.1, -0.05) is 24.3 Å². The molecule has 0 spiro atoms. The van der Waals surface area contributed by atoms with Gasteiger partial charge in [-0.05, 0) is 68.0 Å². The molecule has 5 heteroatoms. The standard InChI is InChI=1S/C24H24FNO3/c1-15-3-10-20-16(2)21(24(28)29-22(20)13-15)11-12-23(27)26(19-8-9-19)14-17-4-6-18(25)7-5-17/h3-7,10,13,19H,8-9,11-12,14H2,1-2H3. The van der Waals surface area contributed by atoms with Crippen molar-refractivity contribution in [3.05, 3.63) is 81.0 Å². The lowest BCUT2D eigenvalue weighted by molar-refractivity contribution is -0.132. The Bertz CT molecular complexity index is 1110. The monoisotopic (exact) mass is 393 g/mol. The van der Waals surface area contributed by atoms with E-state index in [9.17, 15) is 14.0 Å². The Morgan fingerprint density at radius 1 is 1.14 bits per heavy atom. The fourth-order valence-electron chi connectivity index (χ4n) is 3.76. The van der Waals surface area contributed by atoms with E-state index in [0.29, 0.717) is 24.1 Å². The lowest BCUT2D eigenvalue weighted by Crippen LogP contribution is -2.33. The van der Waals surface area contributed by atoms with Gasteiger partial charge < -0.3 is 9.32 Å². The Labute approximate surface area is 169 Å². The third kappa shape index (κ3) is 4.24. The smallest absolute Gasteiger partial charge is 0.339 e. The number of fused-ring (bicyclic) bond motifs is 1. The Morgan fingerprint density at radius 3 is 2.55 bits per heavy atom. The van der Waals surface area contributed by atoms with Crippen molar-refractivity contribution >= 4 is 16.9 Å². The lowest BCUT2D eigenvalue weighted by atomic mass is 10.0. The van der Waals surface area contributed by atoms with Gasteiger partial charge in [-0.15, -0.1) is 0 Å². The van der Waals surface area contributed by atoms with E-state index in [1.807, 2.05) is 36.9 Å². The molecule has 4 nitrogen and oxygen atoms in total. The van der Waals surface area contributed by atoms with Crippen LogP contribution in [0.3, 0.4) is 0 Å². The number of carbonyl (C=O) groups is 1. The van der Waals surface area contributed by atoms with Crippen molar-refractivity contribution in [1.82, 2.24) is 4.90 Å². The van der Waals surface area contributed by atoms with Gasteiger partial charge in [-0.2, -0.15) is 0 Å². The second-order valence-electron chi connectivity index (χ2n) is 7.87. The second-order valence-corrected chi connectivity index (χ2v) is 7.87. The predicted octanol–water partition coefficient (Wildman–Crippen LogP) is 4.67. The van der Waals surface area contributed by atoms with Crippen LogP contribution in [0.25, 0.3) is 11.0 Å². The number of carbonyl (C=O) groups excluding carboxylic acids is 1. The number of benzene rings is 2. The maximum Gasteiger partial charge on any atom is 0.339 e. The molecule has 1 saturated carbocycles. The van der Waals surface area contributed by atoms with Gasteiger partial charge in [0.1, 0.15) is 11.4 Å². The molecule has 1 amide bonds. The average Bonchev–Trinajstić information content (AvgIpc) is 3.52. The maximum atomic E-state index is 13.2. The molecular formula is C24H24FNO3. The molecule has 0 bridgehead atoms. The van der Waals surface area contributed by atoms with Crippen LogP contribution in [0.5, 0.6) is 0 Å². The van der Waals surface area contributed by atoms with Gasteiger partial charge in [-0.3, -0.25) is 4.79 Å². The van der Waals surface area contributed by atoms with Crippen molar-refractivity contribution in [2.24, 2.45) is 0 Å². The highest BCUT2D eigenvalue weighted by Crippen LogP contribution is 2.29. The summed E-state index contributed by atoms with van der Waals surface area (Å²) in [5, 5.41) is 0.906. The third-order valence-corrected chi connectivity index (χ3v) is 5.61. The molecule has 3 aromatic rings. The third-order valence-electron chi connectivity index (χ3n) is 5.61. The normalized spacial score (nSPS) is 13.6. The minimum Gasteiger partial charge on any atom is -0.423 e. The molecular weight excluding hydrogens is 369 g/mol. The molecule has 0 atom stereocenters. The summed E-state index contributed by atoms with van der Waals surface area (Å²) in [5.74, 6) is -0.272. The largest absolute Gasteiger partial charge is 0.423 e. The van der Waals surface area contributed by atoms with Gasteiger partial charge in [0.05, 0.1) is 0 Å². The first-order valence-electron chi connectivity index (χ1n) is 9.99. The van der Waals surface area contributed by atoms with Crippen molar-refractivity contribution < 1.29 is 13.6 Å². The van der Waals surface area contributed by atoms with Gasteiger partial charge in [0.25, 0.3) is 0 Å². The fourth-order valence-corrected chi connectivity index (χ4v) is 3.76. The zero-order valence-corrected chi connectivity index (χ0v) is 16.7. The lowest BCUT2D eigenvalue weighted by Gasteiger charge is -2.23. The molecule has 150 valence electrons. The molecule has 1 heterocycles. The van der Waals surface area contributed by atoms with Crippen LogP contribution in [0, 0.1) is 19.7 Å². The van der Waals surface area contributed by atoms with Crippen LogP contribution in [0.1, 0.15) is 41.5 Å². The molecule has 0 unspecified atom stereocenters. The van der Waals surface area contributed by atoms with Crippen molar-refractivity contribution in [3.8, 4) is 0 Å². The summed E-state index contributed by atoms with van der Waals surface area (Å²) in [5.41, 5.74) is 3.59. The maximum absolute atomic E-state index is 13.2. The van der Waals surface area contributed by atoms with Crippen molar-refractivity contribution in [1.29, 1.82) is 0 Å². The van der Waals surface area contributed by atoms with Crippen LogP contribution < -0.4 is 5.63 Å². The molecule has 1 aromatic heterocycles. The number of halogens is 1. The topological polar surface area (TPSA) is 50.5 Å². The minimum atomic E-state index is -0.370. The van der Waals surface area contributed by atoms with Crippen LogP contribution in [0.2, 0.25) is 0 Å². The molecule has 0 aliphatic heterocycles. The van der Waals surface area contributed by atoms with E-state index in [4.69, 9.17) is 4.42 Å². The SMILES string of the molecule is Cc1ccc2c(C)c(CCC(=O)N(Cc3ccc(F)cc3)C3CC3)c(=O)oc2c1. The number of amides is 1. The van der Waals surface area contributed by atoms with Crippen molar-refractivity contribution in [2.75, 3.05) is 0 Å². The molecule has 0 N–H and O–H groups in total. The zero-order valence-electron chi connectivity index (χ0n) is 16.7. The van der Waals surface area contributed by atoms with E-state index in [-0.39, 0.29) is 29.8 Å². The summed E-state index contributed by atoms with van der Waals surface area (Å²) in [4.78, 5) is 27.3. The van der Waals surface area contributed by atoms with Gasteiger partial charge in [0.2, 0.25) is 5.91 Å². The minimum absolute atomic E-state index is 0.0135. The molecule has 4 rings (SSSR count). The molecule has 29 heavy (non-hydrogen) atoms. The Hall–Kier alpha value is -2.95. The van der Waals surface area contributed by atoms with E-state index in [1.165, 1.54) is 12.1 Å². The Kier molecular flexibility index (Phi) is 5.22. The van der Waals surface area contributed by atoms with E-state index in [1.54, 1.807) is 12.1 Å². The van der Waals surface area contributed by atoms with Gasteiger partial charge in [-0.25, -0.2) is 9.18 Å². The number of hydrogen-bond donors (Lipinski definition) is 0. The Balaban J connectivity index is 1.51. The first-order chi connectivity index (χ1) is 13.9. The number of hydrogen-bond acceptors (Lipinski definition) is 3. The predicted molar refractivity (Wildman–Crippen MR) is 110 cm³/mol. The second kappa shape index (κ2) is 7.82. The average molecular weight is 393 g/mol. The van der Waals surface area contributed by atoms with Crippen molar-refractivity contribution in [3.63, 3.8) is 0 Å². The van der Waals surface area contributed by atoms with Gasteiger partial charge in [0, 0.05) is 30.0 Å². The zero-order chi connectivity index (χ0) is 20.5. The summed E-state index contributed by atoms with van der Waals surface area (Å²) < 4.78 is 18.6. The van der Waals surface area contributed by atoms with Crippen LogP contribution >= 0.6 is 0 Å². The molecule has 0 radical (unpaired) electrons. The van der Waals surface area contributed by atoms with Crippen LogP contribution in [-0.2, 0) is 17.8 Å². The van der Waals surface area contributed by atoms with E-state index < -0.39 is 0 Å². The van der Waals surface area contributed by atoms with E-state index in [2.05, 4.69) is 0 Å². The first kappa shape index (κ1) is 19.4. The quantitative estimate of drug-likeness (QED) is 0.572. The number of aryl methyl sites for hydroxylation is 2. The molecule has 1 fully saturated rings. The van der Waals surface area contributed by atoms with Gasteiger partial charge in [0.15, 0.2) is 0 Å². The number of nitrogens with zero attached hydrogens (tertiary/aromatic N) is 1. The van der Waals surface area contributed by atoms with E-state index >= 15 is 0 Å². The Morgan fingerprint density at radius 2 is 1.86 bits per heavy atom. The van der Waals surface area contributed by atoms with Crippen LogP contribution in [0.15, 0.2) is 51.7 Å². The summed E-state index contributed by atoms with van der Waals surface area (Å²) in [6.07, 6.45) is 2.58. The van der Waals surface area contributed by atoms with Crippen molar-refractivity contribution in [2.45, 2.75) is 52.1 Å². The van der Waals surface area contributed by atoms with Crippen LogP contribution in [0.4, 0.5) is 4.39 Å². The first-order valence-corrected chi connectivity index (χ1v) is 9.99. The van der Waals surface area contributed by atoms with E-state index in [0.717, 1.165) is 34.9 Å². The molecule has 0 saturated heterocycles. The highest BCUT2D eigenvalue weighted by atomic mass is 19.1. The summed E-state index contributed by atoms with van der Waals surface area (Å²) >= 11 is 0. The molecule has 1 aliphatic carbocycles.